The van der Waals surface area contributed by atoms with Gasteiger partial charge in [-0.2, -0.15) is 13.2 Å². The molecule has 0 aliphatic rings. The summed E-state index contributed by atoms with van der Waals surface area (Å²) in [6, 6.07) is 4.07. The van der Waals surface area contributed by atoms with Crippen molar-refractivity contribution in [1.82, 2.24) is 30.0 Å². The van der Waals surface area contributed by atoms with Crippen LogP contribution in [-0.2, 0) is 13.2 Å². The average molecular weight is 473 g/mol. The molecule has 1 atom stereocenters. The Morgan fingerprint density at radius 3 is 2.62 bits per heavy atom. The number of imidazole rings is 1. The summed E-state index contributed by atoms with van der Waals surface area (Å²) in [5, 5.41) is 8.84. The van der Waals surface area contributed by atoms with Gasteiger partial charge in [0.25, 0.3) is 11.8 Å². The molecule has 0 radical (unpaired) electrons. The number of rotatable bonds is 5. The lowest BCUT2D eigenvalue weighted by molar-refractivity contribution is -0.138. The van der Waals surface area contributed by atoms with Gasteiger partial charge in [0.2, 0.25) is 5.76 Å². The van der Waals surface area contributed by atoms with Crippen molar-refractivity contribution in [3.63, 3.8) is 0 Å². The molecule has 13 heteroatoms. The first kappa shape index (κ1) is 22.9. The van der Waals surface area contributed by atoms with Crippen LogP contribution in [0.1, 0.15) is 50.8 Å². The molecule has 1 aromatic carbocycles. The number of alkyl halides is 3. The Balaban J connectivity index is 1.47. The van der Waals surface area contributed by atoms with Gasteiger partial charge in [0.05, 0.1) is 17.9 Å². The Bertz CT molecular complexity index is 1390. The molecule has 3 heterocycles. The summed E-state index contributed by atoms with van der Waals surface area (Å²) in [7, 11) is 1.70. The quantitative estimate of drug-likeness (QED) is 0.455. The zero-order chi connectivity index (χ0) is 24.6. The number of aromatic nitrogens is 5. The fraction of sp³-hybridized carbons (Fsp3) is 0.238. The van der Waals surface area contributed by atoms with Crippen LogP contribution in [0.3, 0.4) is 0 Å². The van der Waals surface area contributed by atoms with E-state index >= 15 is 0 Å². The Morgan fingerprint density at radius 1 is 1.12 bits per heavy atom. The molecule has 0 bridgehead atoms. The molecule has 0 saturated carbocycles. The lowest BCUT2D eigenvalue weighted by Crippen LogP contribution is -2.28. The molecule has 4 aromatic rings. The lowest BCUT2D eigenvalue weighted by Gasteiger charge is -2.12. The predicted molar refractivity (Wildman–Crippen MR) is 113 cm³/mol. The van der Waals surface area contributed by atoms with Gasteiger partial charge < -0.3 is 19.7 Å². The van der Waals surface area contributed by atoms with Crippen LogP contribution < -0.4 is 10.6 Å². The first-order valence-electron chi connectivity index (χ1n) is 9.93. The molecule has 0 saturated heterocycles. The number of anilines is 1. The Hall–Kier alpha value is -4.29. The van der Waals surface area contributed by atoms with E-state index < -0.39 is 29.6 Å². The molecule has 0 aliphatic carbocycles. The molecule has 3 aromatic heterocycles. The standard InChI is InChI=1S/C21H18F3N7O3/c1-10-4-5-12(6-13(10)21(22,23)24)29-19(32)15-7-14(30-34-15)11(2)28-20(33)16-17-18(26-8-25-16)27-9-31(17)3/h4-9,11H,1-3H3,(H,28,33)(H,29,32)/t11-/m0/s1. The van der Waals surface area contributed by atoms with E-state index in [4.69, 9.17) is 4.52 Å². The van der Waals surface area contributed by atoms with E-state index in [-0.39, 0.29) is 28.4 Å². The third-order valence-corrected chi connectivity index (χ3v) is 5.07. The van der Waals surface area contributed by atoms with E-state index in [1.54, 1.807) is 18.5 Å². The minimum Gasteiger partial charge on any atom is -0.351 e. The number of nitrogens with zero attached hydrogens (tertiary/aromatic N) is 5. The molecule has 34 heavy (non-hydrogen) atoms. The number of carbonyl (C=O) groups excluding carboxylic acids is 2. The molecule has 4 rings (SSSR count). The van der Waals surface area contributed by atoms with Gasteiger partial charge in [-0.3, -0.25) is 9.59 Å². The highest BCUT2D eigenvalue weighted by Crippen LogP contribution is 2.33. The molecule has 0 aliphatic heterocycles. The molecular formula is C21H18F3N7O3. The molecule has 2 amide bonds. The van der Waals surface area contributed by atoms with Crippen LogP contribution in [0.15, 0.2) is 41.4 Å². The number of nitrogens with one attached hydrogen (secondary N) is 2. The van der Waals surface area contributed by atoms with E-state index in [1.807, 2.05) is 0 Å². The van der Waals surface area contributed by atoms with Crippen LogP contribution >= 0.6 is 0 Å². The first-order valence-corrected chi connectivity index (χ1v) is 9.93. The number of fused-ring (bicyclic) bond motifs is 1. The molecule has 2 N–H and O–H groups in total. The summed E-state index contributed by atoms with van der Waals surface area (Å²) in [4.78, 5) is 37.3. The number of benzene rings is 1. The number of halogens is 3. The van der Waals surface area contributed by atoms with Gasteiger partial charge in [0.15, 0.2) is 11.3 Å². The smallest absolute Gasteiger partial charge is 0.351 e. The number of amides is 2. The Labute approximate surface area is 190 Å². The van der Waals surface area contributed by atoms with Crippen molar-refractivity contribution in [2.75, 3.05) is 5.32 Å². The number of aryl methyl sites for hydroxylation is 2. The highest BCUT2D eigenvalue weighted by molar-refractivity contribution is 6.03. The van der Waals surface area contributed by atoms with Crippen molar-refractivity contribution in [3.8, 4) is 0 Å². The maximum Gasteiger partial charge on any atom is 0.416 e. The SMILES string of the molecule is Cc1ccc(NC(=O)c2cc([C@H](C)NC(=O)c3ncnc4ncn(C)c34)no2)cc1C(F)(F)F. The second kappa shape index (κ2) is 8.57. The van der Waals surface area contributed by atoms with E-state index in [9.17, 15) is 22.8 Å². The van der Waals surface area contributed by atoms with Crippen LogP contribution in [-0.4, -0.2) is 36.5 Å². The summed E-state index contributed by atoms with van der Waals surface area (Å²) in [5.41, 5.74) is 0.276. The Kier molecular flexibility index (Phi) is 5.77. The number of carbonyl (C=O) groups is 2. The van der Waals surface area contributed by atoms with Gasteiger partial charge >= 0.3 is 6.18 Å². The van der Waals surface area contributed by atoms with E-state index in [2.05, 4.69) is 30.7 Å². The van der Waals surface area contributed by atoms with Crippen molar-refractivity contribution in [3.05, 3.63) is 65.2 Å². The zero-order valence-corrected chi connectivity index (χ0v) is 18.1. The second-order valence-corrected chi connectivity index (χ2v) is 7.54. The fourth-order valence-electron chi connectivity index (χ4n) is 3.29. The fourth-order valence-corrected chi connectivity index (χ4v) is 3.29. The highest BCUT2D eigenvalue weighted by atomic mass is 19.4. The molecule has 10 nitrogen and oxygen atoms in total. The van der Waals surface area contributed by atoms with Gasteiger partial charge in [0.1, 0.15) is 17.5 Å². The predicted octanol–water partition coefficient (Wildman–Crippen LogP) is 3.42. The highest BCUT2D eigenvalue weighted by Gasteiger charge is 2.32. The van der Waals surface area contributed by atoms with Gasteiger partial charge in [-0.05, 0) is 31.5 Å². The summed E-state index contributed by atoms with van der Waals surface area (Å²) in [6.07, 6.45) is -1.82. The monoisotopic (exact) mass is 473 g/mol. The summed E-state index contributed by atoms with van der Waals surface area (Å²) < 4.78 is 46.0. The Morgan fingerprint density at radius 2 is 1.88 bits per heavy atom. The molecule has 0 fully saturated rings. The average Bonchev–Trinajstić information content (AvgIpc) is 3.42. The third kappa shape index (κ3) is 4.44. The normalized spacial score (nSPS) is 12.5. The van der Waals surface area contributed by atoms with Gasteiger partial charge in [-0.25, -0.2) is 15.0 Å². The minimum atomic E-state index is -4.55. The van der Waals surface area contributed by atoms with Crippen LogP contribution in [0.2, 0.25) is 0 Å². The first-order chi connectivity index (χ1) is 16.0. The summed E-state index contributed by atoms with van der Waals surface area (Å²) in [5.74, 6) is -1.54. The topological polar surface area (TPSA) is 128 Å². The van der Waals surface area contributed by atoms with Gasteiger partial charge in [-0.1, -0.05) is 11.2 Å². The van der Waals surface area contributed by atoms with Gasteiger partial charge in [-0.15, -0.1) is 0 Å². The van der Waals surface area contributed by atoms with E-state index in [0.29, 0.717) is 11.2 Å². The summed E-state index contributed by atoms with van der Waals surface area (Å²) in [6.45, 7) is 2.95. The molecule has 0 spiro atoms. The van der Waals surface area contributed by atoms with Crippen molar-refractivity contribution in [2.24, 2.45) is 7.05 Å². The van der Waals surface area contributed by atoms with E-state index in [0.717, 1.165) is 6.07 Å². The van der Waals surface area contributed by atoms with Gasteiger partial charge in [0, 0.05) is 18.8 Å². The van der Waals surface area contributed by atoms with Crippen LogP contribution in [0, 0.1) is 6.92 Å². The molecular weight excluding hydrogens is 455 g/mol. The number of hydrogen-bond acceptors (Lipinski definition) is 7. The number of hydrogen-bond donors (Lipinski definition) is 2. The third-order valence-electron chi connectivity index (χ3n) is 5.07. The molecule has 176 valence electrons. The maximum atomic E-state index is 13.1. The van der Waals surface area contributed by atoms with E-state index in [1.165, 1.54) is 37.8 Å². The van der Waals surface area contributed by atoms with Crippen molar-refractivity contribution in [1.29, 1.82) is 0 Å². The second-order valence-electron chi connectivity index (χ2n) is 7.54. The lowest BCUT2D eigenvalue weighted by atomic mass is 10.1. The largest absolute Gasteiger partial charge is 0.416 e. The van der Waals surface area contributed by atoms with Crippen LogP contribution in [0.25, 0.3) is 11.2 Å². The minimum absolute atomic E-state index is 0.0316. The van der Waals surface area contributed by atoms with Crippen molar-refractivity contribution >= 4 is 28.7 Å². The summed E-state index contributed by atoms with van der Waals surface area (Å²) >= 11 is 0. The van der Waals surface area contributed by atoms with Crippen molar-refractivity contribution < 1.29 is 27.3 Å². The molecule has 0 unspecified atom stereocenters. The zero-order valence-electron chi connectivity index (χ0n) is 18.1. The van der Waals surface area contributed by atoms with Crippen LogP contribution in [0.5, 0.6) is 0 Å². The maximum absolute atomic E-state index is 13.1. The van der Waals surface area contributed by atoms with Crippen molar-refractivity contribution in [2.45, 2.75) is 26.1 Å². The van der Waals surface area contributed by atoms with Crippen LogP contribution in [0.4, 0.5) is 18.9 Å².